The first-order valence-electron chi connectivity index (χ1n) is 26.2. The molecule has 4 heteroatoms. The summed E-state index contributed by atoms with van der Waals surface area (Å²) in [5, 5.41) is 1.23. The summed E-state index contributed by atoms with van der Waals surface area (Å²) in [4.78, 5) is 5.33. The predicted molar refractivity (Wildman–Crippen MR) is 296 cm³/mol. The van der Waals surface area contributed by atoms with Crippen LogP contribution in [-0.4, -0.2) is 6.71 Å². The Morgan fingerprint density at radius 2 is 0.913 bits per heavy atom. The molecule has 69 heavy (non-hydrogen) atoms. The van der Waals surface area contributed by atoms with E-state index in [0.29, 0.717) is 0 Å². The lowest BCUT2D eigenvalue weighted by atomic mass is 9.35. The summed E-state index contributed by atoms with van der Waals surface area (Å²) < 4.78 is 7.73. The fourth-order valence-corrected chi connectivity index (χ4v) is 13.8. The van der Waals surface area contributed by atoms with Crippen molar-refractivity contribution in [1.82, 2.24) is 0 Å². The van der Waals surface area contributed by atoms with E-state index >= 15 is 0 Å². The Kier molecular flexibility index (Phi) is 9.28. The van der Waals surface area contributed by atoms with Crippen LogP contribution in [0.2, 0.25) is 0 Å². The van der Waals surface area contributed by atoms with Crippen LogP contribution in [0.3, 0.4) is 0 Å². The highest BCUT2D eigenvalue weighted by molar-refractivity contribution is 7.00. The lowest BCUT2D eigenvalue weighted by Gasteiger charge is -2.47. The normalized spacial score (nSPS) is 20.4. The van der Waals surface area contributed by atoms with Crippen LogP contribution < -0.4 is 26.4 Å². The van der Waals surface area contributed by atoms with E-state index in [0.717, 1.165) is 43.3 Å². The summed E-state index contributed by atoms with van der Waals surface area (Å²) in [6, 6.07) is 39.0. The van der Waals surface area contributed by atoms with E-state index < -0.39 is 0 Å². The number of anilines is 6. The summed E-state index contributed by atoms with van der Waals surface area (Å²) >= 11 is 0. The third-order valence-electron chi connectivity index (χ3n) is 18.6. The molecular formula is C65H73BN2O. The van der Waals surface area contributed by atoms with Gasteiger partial charge in [0.2, 0.25) is 0 Å². The van der Waals surface area contributed by atoms with Gasteiger partial charge in [0.05, 0.1) is 17.0 Å². The molecule has 0 bridgehead atoms. The van der Waals surface area contributed by atoms with Crippen molar-refractivity contribution in [1.29, 1.82) is 0 Å². The second-order valence-electron chi connectivity index (χ2n) is 26.4. The van der Waals surface area contributed by atoms with Crippen LogP contribution in [0, 0.1) is 20.8 Å². The quantitative estimate of drug-likeness (QED) is 0.165. The van der Waals surface area contributed by atoms with Crippen LogP contribution in [0.4, 0.5) is 34.1 Å². The van der Waals surface area contributed by atoms with E-state index in [9.17, 15) is 0 Å². The number of benzene rings is 6. The SMILES string of the molecule is Cc1ccc(-c2ccc(C)cc2N2c3cc4c(cc3B3c5oc6cc7c(cc6c5N(c5ccc6c(c5)C(C)(C)CCC6(C)C)c5cc(C)cc2c53)C(C)(C)CCC7(C)C)C(C)(C)CCC4(C)C)cc1. The highest BCUT2D eigenvalue weighted by atomic mass is 16.3. The van der Waals surface area contributed by atoms with Crippen molar-refractivity contribution in [2.45, 2.75) is 175 Å². The molecule has 0 radical (unpaired) electrons. The maximum Gasteiger partial charge on any atom is 0.297 e. The van der Waals surface area contributed by atoms with Crippen molar-refractivity contribution in [2.24, 2.45) is 0 Å². The van der Waals surface area contributed by atoms with Gasteiger partial charge in [-0.25, -0.2) is 0 Å². The summed E-state index contributed by atoms with van der Waals surface area (Å²) in [6.45, 7) is 36.2. The van der Waals surface area contributed by atoms with E-state index in [1.165, 1.54) is 118 Å². The van der Waals surface area contributed by atoms with Crippen LogP contribution in [0.1, 0.15) is 172 Å². The average Bonchev–Trinajstić information content (AvgIpc) is 3.66. The molecule has 12 rings (SSSR count). The summed E-state index contributed by atoms with van der Waals surface area (Å²) in [5.41, 5.74) is 27.5. The Bertz CT molecular complexity index is 3330. The lowest BCUT2D eigenvalue weighted by Crippen LogP contribution is -2.61. The summed E-state index contributed by atoms with van der Waals surface area (Å²) in [7, 11) is 0. The van der Waals surface area contributed by atoms with Gasteiger partial charge >= 0.3 is 0 Å². The molecule has 0 spiro atoms. The fourth-order valence-electron chi connectivity index (χ4n) is 13.8. The number of nitrogens with zero attached hydrogens (tertiary/aromatic N) is 2. The molecule has 5 aliphatic rings. The van der Waals surface area contributed by atoms with Gasteiger partial charge in [-0.1, -0.05) is 137 Å². The van der Waals surface area contributed by atoms with Crippen molar-refractivity contribution in [3.8, 4) is 11.1 Å². The number of rotatable bonds is 3. The zero-order valence-corrected chi connectivity index (χ0v) is 44.4. The largest absolute Gasteiger partial charge is 0.468 e. The van der Waals surface area contributed by atoms with Crippen molar-refractivity contribution in [2.75, 3.05) is 9.80 Å². The standard InChI is InChI=1S/C65H73BN2O/c1-38-16-19-41(20-17-38)43-22-18-39(2)30-52(43)68-53-36-49-48(63(10,11)27-28-64(49,12)13)35-51(53)66-57-54(31-40(3)32-55(57)68)67(42-21-23-45-46(33-42)61(6,7)25-24-60(45,4)5)58-44-34-47-50(37-56(44)69-59(58)66)65(14,15)29-26-62(47,8)9/h16-23,30-37H,24-29H2,1-15H3. The Morgan fingerprint density at radius 1 is 0.420 bits per heavy atom. The molecule has 0 saturated heterocycles. The number of hydrogen-bond donors (Lipinski definition) is 0. The number of aryl methyl sites for hydroxylation is 3. The van der Waals surface area contributed by atoms with Gasteiger partial charge in [0.15, 0.2) is 0 Å². The van der Waals surface area contributed by atoms with E-state index in [-0.39, 0.29) is 39.2 Å². The zero-order chi connectivity index (χ0) is 48.7. The van der Waals surface area contributed by atoms with Crippen LogP contribution in [0.25, 0.3) is 22.1 Å². The molecule has 6 aromatic carbocycles. The molecule has 3 aliphatic carbocycles. The molecule has 2 aliphatic heterocycles. The van der Waals surface area contributed by atoms with E-state index in [1.807, 2.05) is 0 Å². The molecular weight excluding hydrogens is 836 g/mol. The fraction of sp³-hybridized carbons (Fsp3) is 0.415. The first-order chi connectivity index (χ1) is 32.4. The average molecular weight is 909 g/mol. The predicted octanol–water partition coefficient (Wildman–Crippen LogP) is 16.2. The molecule has 0 fully saturated rings. The molecule has 3 nitrogen and oxygen atoms in total. The minimum Gasteiger partial charge on any atom is -0.468 e. The monoisotopic (exact) mass is 909 g/mol. The first-order valence-corrected chi connectivity index (χ1v) is 26.2. The Hall–Kier alpha value is -5.48. The van der Waals surface area contributed by atoms with Crippen molar-refractivity contribution in [3.63, 3.8) is 0 Å². The third kappa shape index (κ3) is 6.51. The summed E-state index contributed by atoms with van der Waals surface area (Å²) in [5.74, 6) is 0. The zero-order valence-electron chi connectivity index (χ0n) is 44.4. The Morgan fingerprint density at radius 3 is 1.52 bits per heavy atom. The van der Waals surface area contributed by atoms with Crippen molar-refractivity contribution < 1.29 is 4.42 Å². The molecule has 0 amide bonds. The molecule has 0 unspecified atom stereocenters. The minimum absolute atomic E-state index is 0.0226. The number of hydrogen-bond acceptors (Lipinski definition) is 3. The van der Waals surface area contributed by atoms with Crippen LogP contribution >= 0.6 is 0 Å². The van der Waals surface area contributed by atoms with Gasteiger partial charge < -0.3 is 14.2 Å². The Labute approximate surface area is 413 Å². The maximum atomic E-state index is 7.73. The molecule has 0 saturated carbocycles. The van der Waals surface area contributed by atoms with Gasteiger partial charge in [-0.2, -0.15) is 0 Å². The van der Waals surface area contributed by atoms with E-state index in [4.69, 9.17) is 4.42 Å². The molecule has 352 valence electrons. The van der Waals surface area contributed by atoms with Crippen LogP contribution in [0.5, 0.6) is 0 Å². The number of furan rings is 1. The molecule has 0 atom stereocenters. The third-order valence-corrected chi connectivity index (χ3v) is 18.6. The van der Waals surface area contributed by atoms with Gasteiger partial charge in [-0.05, 0) is 201 Å². The van der Waals surface area contributed by atoms with Gasteiger partial charge in [0, 0.05) is 33.7 Å². The van der Waals surface area contributed by atoms with Gasteiger partial charge in [0.1, 0.15) is 5.58 Å². The molecule has 1 aromatic heterocycles. The summed E-state index contributed by atoms with van der Waals surface area (Å²) in [6.07, 6.45) is 6.99. The van der Waals surface area contributed by atoms with Crippen LogP contribution in [-0.2, 0) is 32.5 Å². The minimum atomic E-state index is -0.120. The van der Waals surface area contributed by atoms with Crippen molar-refractivity contribution in [3.05, 3.63) is 147 Å². The van der Waals surface area contributed by atoms with Gasteiger partial charge in [0.25, 0.3) is 6.71 Å². The molecule has 0 N–H and O–H groups in total. The topological polar surface area (TPSA) is 19.6 Å². The van der Waals surface area contributed by atoms with E-state index in [1.54, 1.807) is 0 Å². The highest BCUT2D eigenvalue weighted by Crippen LogP contribution is 2.55. The second kappa shape index (κ2) is 14.3. The molecule has 7 aromatic rings. The molecule has 3 heterocycles. The first kappa shape index (κ1) is 44.7. The van der Waals surface area contributed by atoms with Gasteiger partial charge in [-0.3, -0.25) is 0 Å². The van der Waals surface area contributed by atoms with Crippen LogP contribution in [0.15, 0.2) is 101 Å². The lowest BCUT2D eigenvalue weighted by molar-refractivity contribution is 0.332. The number of fused-ring (bicyclic) bond motifs is 9. The van der Waals surface area contributed by atoms with Gasteiger partial charge in [-0.15, -0.1) is 0 Å². The highest BCUT2D eigenvalue weighted by Gasteiger charge is 2.50. The second-order valence-corrected chi connectivity index (χ2v) is 26.4. The maximum absolute atomic E-state index is 7.73. The Balaban J connectivity index is 1.23. The van der Waals surface area contributed by atoms with Crippen molar-refractivity contribution >= 4 is 68.4 Å². The smallest absolute Gasteiger partial charge is 0.297 e. The van der Waals surface area contributed by atoms with E-state index in [2.05, 4.69) is 211 Å².